The molecule has 2 amide bonds. The van der Waals surface area contributed by atoms with Crippen LogP contribution < -0.4 is 33.7 Å². The van der Waals surface area contributed by atoms with Gasteiger partial charge in [-0.2, -0.15) is 0 Å². The number of rotatable bonds is 9. The van der Waals surface area contributed by atoms with Crippen LogP contribution in [0.3, 0.4) is 0 Å². The van der Waals surface area contributed by atoms with Gasteiger partial charge in [0.1, 0.15) is 11.5 Å². The van der Waals surface area contributed by atoms with Crippen LogP contribution in [0.15, 0.2) is 48.5 Å². The van der Waals surface area contributed by atoms with Gasteiger partial charge in [-0.05, 0) is 47.5 Å². The van der Waals surface area contributed by atoms with E-state index in [2.05, 4.69) is 5.32 Å². The maximum atomic E-state index is 14.2. The van der Waals surface area contributed by atoms with Gasteiger partial charge in [0.05, 0.1) is 60.3 Å². The molecule has 1 N–H and O–H groups in total. The van der Waals surface area contributed by atoms with Gasteiger partial charge in [-0.15, -0.1) is 0 Å². The second kappa shape index (κ2) is 11.4. The lowest BCUT2D eigenvalue weighted by atomic mass is 9.79. The van der Waals surface area contributed by atoms with Crippen LogP contribution in [-0.2, 0) is 4.79 Å². The fourth-order valence-corrected chi connectivity index (χ4v) is 4.91. The number of ether oxygens (including phenoxy) is 6. The molecule has 10 heteroatoms. The van der Waals surface area contributed by atoms with E-state index in [0.29, 0.717) is 56.9 Å². The summed E-state index contributed by atoms with van der Waals surface area (Å²) in [4.78, 5) is 29.4. The fraction of sp³-hybridized carbons (Fsp3) is 0.310. The molecule has 39 heavy (non-hydrogen) atoms. The van der Waals surface area contributed by atoms with Crippen molar-refractivity contribution in [3.05, 3.63) is 65.2 Å². The lowest BCUT2D eigenvalue weighted by Crippen LogP contribution is -2.44. The van der Waals surface area contributed by atoms with E-state index in [1.165, 1.54) is 35.5 Å². The Morgan fingerprint density at radius 3 is 1.92 bits per heavy atom. The Morgan fingerprint density at radius 1 is 0.718 bits per heavy atom. The fourth-order valence-electron chi connectivity index (χ4n) is 4.91. The smallest absolute Gasteiger partial charge is 0.254 e. The molecule has 0 radical (unpaired) electrons. The molecule has 1 aliphatic rings. The Balaban J connectivity index is 1.91. The molecule has 2 unspecified atom stereocenters. The lowest BCUT2D eigenvalue weighted by molar-refractivity contribution is -0.119. The van der Waals surface area contributed by atoms with Gasteiger partial charge in [0.15, 0.2) is 23.0 Å². The number of fused-ring (bicyclic) bond motifs is 1. The van der Waals surface area contributed by atoms with Crippen molar-refractivity contribution in [1.29, 1.82) is 0 Å². The van der Waals surface area contributed by atoms with E-state index < -0.39 is 12.0 Å². The average Bonchev–Trinajstić information content (AvgIpc) is 2.97. The lowest BCUT2D eigenvalue weighted by Gasteiger charge is -2.40. The van der Waals surface area contributed by atoms with Gasteiger partial charge in [0.25, 0.3) is 5.91 Å². The number of amides is 2. The highest BCUT2D eigenvalue weighted by Crippen LogP contribution is 2.47. The van der Waals surface area contributed by atoms with Crippen LogP contribution in [0.25, 0.3) is 0 Å². The number of carbonyl (C=O) groups is 2. The number of nitrogens with one attached hydrogen (secondary N) is 1. The average molecular weight is 537 g/mol. The summed E-state index contributed by atoms with van der Waals surface area (Å²) in [6.07, 6.45) is 0. The zero-order valence-corrected chi connectivity index (χ0v) is 23.0. The van der Waals surface area contributed by atoms with Gasteiger partial charge in [-0.1, -0.05) is 6.07 Å². The second-order valence-electron chi connectivity index (χ2n) is 8.80. The summed E-state index contributed by atoms with van der Waals surface area (Å²) >= 11 is 0. The zero-order valence-electron chi connectivity index (χ0n) is 23.0. The van der Waals surface area contributed by atoms with Crippen molar-refractivity contribution in [2.75, 3.05) is 55.0 Å². The maximum absolute atomic E-state index is 14.2. The predicted octanol–water partition coefficient (Wildman–Crippen LogP) is 4.29. The molecule has 1 heterocycles. The summed E-state index contributed by atoms with van der Waals surface area (Å²) in [6, 6.07) is 13.0. The molecule has 1 aliphatic heterocycles. The van der Waals surface area contributed by atoms with Gasteiger partial charge < -0.3 is 38.6 Å². The molecule has 10 nitrogen and oxygen atoms in total. The quantitative estimate of drug-likeness (QED) is 0.432. The molecule has 0 fully saturated rings. The number of methoxy groups -OCH3 is 6. The molecule has 3 aromatic rings. The molecule has 206 valence electrons. The molecular weight excluding hydrogens is 504 g/mol. The van der Waals surface area contributed by atoms with Crippen LogP contribution in [0.5, 0.6) is 34.5 Å². The zero-order chi connectivity index (χ0) is 28.3. The first-order chi connectivity index (χ1) is 18.8. The minimum absolute atomic E-state index is 0.270. The summed E-state index contributed by atoms with van der Waals surface area (Å²) in [6.45, 7) is 0. The summed E-state index contributed by atoms with van der Waals surface area (Å²) in [7, 11) is 10.8. The van der Waals surface area contributed by atoms with Crippen molar-refractivity contribution >= 4 is 17.5 Å². The van der Waals surface area contributed by atoms with Crippen molar-refractivity contribution in [1.82, 2.24) is 4.90 Å². The van der Waals surface area contributed by atoms with Crippen molar-refractivity contribution in [2.45, 2.75) is 12.0 Å². The van der Waals surface area contributed by atoms with E-state index in [0.717, 1.165) is 0 Å². The molecule has 4 rings (SSSR count). The van der Waals surface area contributed by atoms with E-state index in [1.54, 1.807) is 61.5 Å². The summed E-state index contributed by atoms with van der Waals surface area (Å²) in [5.41, 5.74) is 1.94. The summed E-state index contributed by atoms with van der Waals surface area (Å²) in [5.74, 6) is 1.31. The Kier molecular flexibility index (Phi) is 8.04. The van der Waals surface area contributed by atoms with Gasteiger partial charge >= 0.3 is 0 Å². The third-order valence-corrected chi connectivity index (χ3v) is 6.87. The molecule has 0 saturated carbocycles. The number of nitrogens with zero attached hydrogens (tertiary/aromatic N) is 1. The van der Waals surface area contributed by atoms with E-state index in [-0.39, 0.29) is 11.8 Å². The molecule has 2 atom stereocenters. The highest BCUT2D eigenvalue weighted by molar-refractivity contribution is 6.05. The normalized spacial score (nSPS) is 16.2. The summed E-state index contributed by atoms with van der Waals surface area (Å²) < 4.78 is 32.7. The predicted molar refractivity (Wildman–Crippen MR) is 145 cm³/mol. The van der Waals surface area contributed by atoms with Gasteiger partial charge in [-0.25, -0.2) is 0 Å². The van der Waals surface area contributed by atoms with Crippen LogP contribution in [0.4, 0.5) is 5.69 Å². The number of likely N-dealkylation sites (N-methyl/N-ethyl adjacent to an activating group) is 1. The first-order valence-corrected chi connectivity index (χ1v) is 12.1. The van der Waals surface area contributed by atoms with Crippen LogP contribution in [-0.4, -0.2) is 66.4 Å². The van der Waals surface area contributed by atoms with Crippen LogP contribution in [0, 0.1) is 0 Å². The first kappa shape index (κ1) is 27.4. The van der Waals surface area contributed by atoms with Crippen molar-refractivity contribution in [3.8, 4) is 34.5 Å². The highest BCUT2D eigenvalue weighted by atomic mass is 16.5. The molecule has 0 aliphatic carbocycles. The number of anilines is 1. The standard InChI is InChI=1S/C29H32N2O8/c1-31-27(16-8-10-22(36-4)23(12-16)37-5)26(18-14-24(38-6)25(39-7)15-19(18)29(31)33)28(32)30-20-13-17(34-2)9-11-21(20)35-3/h8-15,26-27H,1-7H3,(H,30,32). The molecule has 0 aromatic heterocycles. The highest BCUT2D eigenvalue weighted by Gasteiger charge is 2.44. The van der Waals surface area contributed by atoms with Gasteiger partial charge in [0, 0.05) is 18.7 Å². The maximum Gasteiger partial charge on any atom is 0.254 e. The number of benzene rings is 3. The second-order valence-corrected chi connectivity index (χ2v) is 8.80. The Bertz CT molecular complexity index is 1390. The number of hydrogen-bond acceptors (Lipinski definition) is 8. The third kappa shape index (κ3) is 4.97. The largest absolute Gasteiger partial charge is 0.497 e. The van der Waals surface area contributed by atoms with Crippen LogP contribution in [0.2, 0.25) is 0 Å². The van der Waals surface area contributed by atoms with E-state index in [9.17, 15) is 9.59 Å². The minimum atomic E-state index is -0.850. The minimum Gasteiger partial charge on any atom is -0.497 e. The molecular formula is C29H32N2O8. The number of carbonyl (C=O) groups excluding carboxylic acids is 2. The van der Waals surface area contributed by atoms with Gasteiger partial charge in [0.2, 0.25) is 5.91 Å². The van der Waals surface area contributed by atoms with Gasteiger partial charge in [-0.3, -0.25) is 9.59 Å². The molecule has 0 saturated heterocycles. The van der Waals surface area contributed by atoms with Crippen molar-refractivity contribution in [3.63, 3.8) is 0 Å². The topological polar surface area (TPSA) is 105 Å². The monoisotopic (exact) mass is 536 g/mol. The van der Waals surface area contributed by atoms with Crippen molar-refractivity contribution < 1.29 is 38.0 Å². The molecule has 0 bridgehead atoms. The van der Waals surface area contributed by atoms with E-state index in [4.69, 9.17) is 28.4 Å². The number of hydrogen-bond donors (Lipinski definition) is 1. The first-order valence-electron chi connectivity index (χ1n) is 12.1. The Morgan fingerprint density at radius 2 is 1.31 bits per heavy atom. The van der Waals surface area contributed by atoms with Crippen molar-refractivity contribution in [2.24, 2.45) is 0 Å². The summed E-state index contributed by atoms with van der Waals surface area (Å²) in [5, 5.41) is 2.99. The Hall–Kier alpha value is -4.60. The third-order valence-electron chi connectivity index (χ3n) is 6.87. The molecule has 0 spiro atoms. The van der Waals surface area contributed by atoms with Crippen LogP contribution >= 0.6 is 0 Å². The molecule has 3 aromatic carbocycles. The van der Waals surface area contributed by atoms with Crippen LogP contribution in [0.1, 0.15) is 33.4 Å². The van der Waals surface area contributed by atoms with E-state index >= 15 is 0 Å². The Labute approximate surface area is 227 Å². The SMILES string of the molecule is COc1ccc(OC)c(NC(=O)C2c3cc(OC)c(OC)cc3C(=O)N(C)C2c2ccc(OC)c(OC)c2)c1. The van der Waals surface area contributed by atoms with E-state index in [1.807, 2.05) is 6.07 Å².